The lowest BCUT2D eigenvalue weighted by molar-refractivity contribution is -0.144. The fourth-order valence-corrected chi connectivity index (χ4v) is 9.66. The number of esters is 2. The molecule has 0 saturated carbocycles. The largest absolute Gasteiger partial charge is 0.466 e. The van der Waals surface area contributed by atoms with E-state index in [-0.39, 0.29) is 23.9 Å². The Balaban J connectivity index is 2.20. The summed E-state index contributed by atoms with van der Waals surface area (Å²) in [5, 5.41) is 5.92. The molecule has 12 nitrogen and oxygen atoms in total. The summed E-state index contributed by atoms with van der Waals surface area (Å²) in [6.07, 6.45) is 30.4. The van der Waals surface area contributed by atoms with Crippen molar-refractivity contribution in [2.45, 2.75) is 220 Å². The second-order valence-electron chi connectivity index (χ2n) is 19.5. The Hall–Kier alpha value is -1.74. The predicted molar refractivity (Wildman–Crippen MR) is 280 cm³/mol. The standard InChI is InChI=1S/C53H101N3O9S2/c1-47(2)29-27-40-63-51(58)31-21-15-11-7-5-9-13-19-25-38-61-46-49(62-39-26-20-14-10-6-8-12-16-22-32-52(59)64-41-28-30-48(3)4)45-55-53(60)65-42-44-67-66-43-34-54-50(57)33-37-56-35-23-17-18-24-36-56/h47-49H,5-46H2,1-4H3,(H,54,57)(H,55,60). The van der Waals surface area contributed by atoms with E-state index >= 15 is 0 Å². The lowest BCUT2D eigenvalue weighted by Crippen LogP contribution is -2.37. The SMILES string of the molecule is CC(C)CCCOC(=O)CCCCCCCCCCCOCC(CNC(=O)OCCSSCCNC(=O)CCN1CCCCCC1)OCCCCCCCCCCCC(=O)OCCCC(C)C. The molecule has 1 unspecified atom stereocenters. The quantitative estimate of drug-likeness (QED) is 0.0259. The molecule has 0 bridgehead atoms. The summed E-state index contributed by atoms with van der Waals surface area (Å²) >= 11 is 0. The predicted octanol–water partition coefficient (Wildman–Crippen LogP) is 12.6. The van der Waals surface area contributed by atoms with Crippen LogP contribution >= 0.6 is 21.6 Å². The summed E-state index contributed by atoms with van der Waals surface area (Å²) < 4.78 is 28.4. The molecule has 0 aromatic heterocycles. The molecule has 0 aromatic rings. The zero-order valence-electron chi connectivity index (χ0n) is 43.4. The van der Waals surface area contributed by atoms with Crippen LogP contribution in [0.2, 0.25) is 0 Å². The number of alkyl carbamates (subject to hydrolysis) is 1. The van der Waals surface area contributed by atoms with E-state index in [1.54, 1.807) is 21.6 Å². The van der Waals surface area contributed by atoms with Crippen LogP contribution in [-0.4, -0.2) is 119 Å². The average molecular weight is 989 g/mol. The Kier molecular flexibility index (Phi) is 45.3. The van der Waals surface area contributed by atoms with Crippen molar-refractivity contribution in [1.82, 2.24) is 15.5 Å². The van der Waals surface area contributed by atoms with Crippen molar-refractivity contribution >= 4 is 45.5 Å². The van der Waals surface area contributed by atoms with Gasteiger partial charge in [-0.05, 0) is 89.1 Å². The number of ether oxygens (including phenoxy) is 5. The highest BCUT2D eigenvalue weighted by Gasteiger charge is 2.14. The maximum Gasteiger partial charge on any atom is 0.407 e. The minimum absolute atomic E-state index is 0.0479. The highest BCUT2D eigenvalue weighted by atomic mass is 33.1. The number of nitrogens with zero attached hydrogens (tertiary/aromatic N) is 1. The summed E-state index contributed by atoms with van der Waals surface area (Å²) in [7, 11) is 3.33. The van der Waals surface area contributed by atoms with Crippen molar-refractivity contribution in [3.8, 4) is 0 Å². The molecule has 394 valence electrons. The van der Waals surface area contributed by atoms with Crippen molar-refractivity contribution in [1.29, 1.82) is 0 Å². The highest BCUT2D eigenvalue weighted by molar-refractivity contribution is 8.76. The zero-order valence-corrected chi connectivity index (χ0v) is 45.0. The third-order valence-corrected chi connectivity index (χ3v) is 14.4. The van der Waals surface area contributed by atoms with Gasteiger partial charge in [-0.15, -0.1) is 0 Å². The number of hydrogen-bond donors (Lipinski definition) is 2. The van der Waals surface area contributed by atoms with E-state index in [4.69, 9.17) is 23.7 Å². The van der Waals surface area contributed by atoms with Crippen LogP contribution in [0, 0.1) is 11.8 Å². The molecule has 2 amide bonds. The van der Waals surface area contributed by atoms with Gasteiger partial charge in [-0.2, -0.15) is 0 Å². The van der Waals surface area contributed by atoms with Gasteiger partial charge in [0.1, 0.15) is 6.61 Å². The van der Waals surface area contributed by atoms with Gasteiger partial charge in [-0.1, -0.05) is 152 Å². The molecule has 1 rings (SSSR count). The minimum Gasteiger partial charge on any atom is -0.466 e. The summed E-state index contributed by atoms with van der Waals surface area (Å²) in [6.45, 7) is 16.0. The number of unbranched alkanes of at least 4 members (excludes halogenated alkanes) is 16. The zero-order chi connectivity index (χ0) is 48.7. The van der Waals surface area contributed by atoms with E-state index in [1.807, 2.05) is 0 Å². The normalized spacial score (nSPS) is 13.7. The van der Waals surface area contributed by atoms with Crippen LogP contribution in [0.15, 0.2) is 0 Å². The van der Waals surface area contributed by atoms with Crippen molar-refractivity contribution in [3.05, 3.63) is 0 Å². The van der Waals surface area contributed by atoms with Crippen molar-refractivity contribution in [2.24, 2.45) is 11.8 Å². The van der Waals surface area contributed by atoms with Gasteiger partial charge < -0.3 is 39.2 Å². The molecule has 1 aliphatic heterocycles. The third-order valence-electron chi connectivity index (χ3n) is 12.0. The number of amides is 2. The number of hydrogen-bond acceptors (Lipinski definition) is 12. The van der Waals surface area contributed by atoms with Crippen LogP contribution in [0.1, 0.15) is 214 Å². The summed E-state index contributed by atoms with van der Waals surface area (Å²) in [4.78, 5) is 51.0. The number of nitrogens with one attached hydrogen (secondary N) is 2. The van der Waals surface area contributed by atoms with Crippen LogP contribution in [0.5, 0.6) is 0 Å². The Morgan fingerprint density at radius 2 is 1.00 bits per heavy atom. The first-order chi connectivity index (χ1) is 32.7. The first-order valence-corrected chi connectivity index (χ1v) is 29.8. The van der Waals surface area contributed by atoms with Crippen LogP contribution < -0.4 is 10.6 Å². The maximum atomic E-state index is 12.5. The molecule has 0 spiro atoms. The molecule has 14 heteroatoms. The molecule has 0 radical (unpaired) electrons. The molecule has 1 aliphatic rings. The first-order valence-electron chi connectivity index (χ1n) is 27.3. The monoisotopic (exact) mass is 988 g/mol. The number of carbonyl (C=O) groups excluding carboxylic acids is 4. The lowest BCUT2D eigenvalue weighted by Gasteiger charge is -2.19. The van der Waals surface area contributed by atoms with E-state index in [2.05, 4.69) is 43.2 Å². The molecule has 0 aliphatic carbocycles. The average Bonchev–Trinajstić information content (AvgIpc) is 3.59. The highest BCUT2D eigenvalue weighted by Crippen LogP contribution is 2.20. The van der Waals surface area contributed by atoms with Gasteiger partial charge in [0, 0.05) is 63.6 Å². The summed E-state index contributed by atoms with van der Waals surface area (Å²) in [5.74, 6) is 2.81. The van der Waals surface area contributed by atoms with Crippen LogP contribution in [0.4, 0.5) is 4.79 Å². The number of rotatable bonds is 47. The molecule has 1 fully saturated rings. The van der Waals surface area contributed by atoms with Gasteiger partial charge in [-0.25, -0.2) is 4.79 Å². The van der Waals surface area contributed by atoms with E-state index in [9.17, 15) is 19.2 Å². The molecular formula is C53H101N3O9S2. The molecule has 2 N–H and O–H groups in total. The minimum atomic E-state index is -0.442. The van der Waals surface area contributed by atoms with Crippen LogP contribution in [0.3, 0.4) is 0 Å². The van der Waals surface area contributed by atoms with Crippen molar-refractivity contribution < 1.29 is 42.9 Å². The molecular weight excluding hydrogens is 887 g/mol. The van der Waals surface area contributed by atoms with E-state index < -0.39 is 6.09 Å². The van der Waals surface area contributed by atoms with Crippen molar-refractivity contribution in [2.75, 3.05) is 83.9 Å². The Morgan fingerprint density at radius 1 is 0.507 bits per heavy atom. The van der Waals surface area contributed by atoms with Gasteiger partial charge in [0.25, 0.3) is 0 Å². The molecule has 1 heterocycles. The van der Waals surface area contributed by atoms with Crippen molar-refractivity contribution in [3.63, 3.8) is 0 Å². The smallest absolute Gasteiger partial charge is 0.407 e. The number of likely N-dealkylation sites (tertiary alicyclic amines) is 1. The molecule has 1 saturated heterocycles. The van der Waals surface area contributed by atoms with Gasteiger partial charge in [0.2, 0.25) is 5.91 Å². The topological polar surface area (TPSA) is 142 Å². The Labute approximate surface area is 417 Å². The van der Waals surface area contributed by atoms with Gasteiger partial charge >= 0.3 is 18.0 Å². The molecule has 67 heavy (non-hydrogen) atoms. The van der Waals surface area contributed by atoms with E-state index in [0.717, 1.165) is 102 Å². The fourth-order valence-electron chi connectivity index (χ4n) is 7.92. The summed E-state index contributed by atoms with van der Waals surface area (Å²) in [5.41, 5.74) is 0. The lowest BCUT2D eigenvalue weighted by atomic mass is 10.1. The van der Waals surface area contributed by atoms with Gasteiger partial charge in [-0.3, -0.25) is 14.4 Å². The van der Waals surface area contributed by atoms with E-state index in [0.29, 0.717) is 89.6 Å². The Bertz CT molecular complexity index is 1160. The van der Waals surface area contributed by atoms with Crippen LogP contribution in [-0.2, 0) is 38.1 Å². The van der Waals surface area contributed by atoms with E-state index in [1.165, 1.54) is 89.9 Å². The summed E-state index contributed by atoms with van der Waals surface area (Å²) in [6, 6.07) is 0. The number of carbonyl (C=O) groups is 4. The molecule has 1 atom stereocenters. The fraction of sp³-hybridized carbons (Fsp3) is 0.925. The first kappa shape index (κ1) is 63.3. The van der Waals surface area contributed by atoms with Crippen LogP contribution in [0.25, 0.3) is 0 Å². The van der Waals surface area contributed by atoms with Gasteiger partial charge in [0.05, 0.1) is 25.9 Å². The third kappa shape index (κ3) is 46.4. The second kappa shape index (κ2) is 47.9. The Morgan fingerprint density at radius 3 is 1.54 bits per heavy atom. The second-order valence-corrected chi connectivity index (χ2v) is 22.2. The van der Waals surface area contributed by atoms with Gasteiger partial charge in [0.15, 0.2) is 0 Å². The molecule has 0 aromatic carbocycles. The maximum absolute atomic E-state index is 12.5.